The molecule has 0 fully saturated rings. The van der Waals surface area contributed by atoms with Crippen molar-refractivity contribution in [1.82, 2.24) is 0 Å². The van der Waals surface area contributed by atoms with Crippen LogP contribution in [-0.4, -0.2) is 11.0 Å². The number of nitroso groups, excluding NO2 is 2. The van der Waals surface area contributed by atoms with Crippen molar-refractivity contribution in [2.24, 2.45) is 10.4 Å². The highest BCUT2D eigenvalue weighted by Crippen LogP contribution is 2.11. The highest BCUT2D eigenvalue weighted by atomic mass is 35.5. The molecule has 9 heavy (non-hydrogen) atoms. The largest absolute Gasteiger partial charge is 0.168 e. The number of halogens is 2. The molecule has 0 aliphatic rings. The van der Waals surface area contributed by atoms with Gasteiger partial charge in [-0.3, -0.25) is 0 Å². The van der Waals surface area contributed by atoms with E-state index in [1.165, 1.54) is 0 Å². The summed E-state index contributed by atoms with van der Waals surface area (Å²) < 4.78 is 0. The van der Waals surface area contributed by atoms with Crippen molar-refractivity contribution in [1.29, 1.82) is 0 Å². The Hall–Kier alpha value is -0.220. The van der Waals surface area contributed by atoms with Crippen LogP contribution in [0.25, 0.3) is 0 Å². The van der Waals surface area contributed by atoms with Gasteiger partial charge >= 0.3 is 0 Å². The standard InChI is InChI=1S/C3H4Cl2N2O2/c4-2(6-8)1-3(5)7-9/h2-3H,1H2. The maximum absolute atomic E-state index is 9.57. The van der Waals surface area contributed by atoms with Crippen molar-refractivity contribution in [3.63, 3.8) is 0 Å². The van der Waals surface area contributed by atoms with Gasteiger partial charge in [-0.25, -0.2) is 0 Å². The third kappa shape index (κ3) is 4.29. The normalized spacial score (nSPS) is 16.2. The molecule has 0 saturated carbocycles. The van der Waals surface area contributed by atoms with Crippen LogP contribution in [0.2, 0.25) is 0 Å². The first-order valence-electron chi connectivity index (χ1n) is 2.13. The van der Waals surface area contributed by atoms with Crippen LogP contribution >= 0.6 is 23.2 Å². The quantitative estimate of drug-likeness (QED) is 0.369. The summed E-state index contributed by atoms with van der Waals surface area (Å²) >= 11 is 10.4. The predicted octanol–water partition coefficient (Wildman–Crippen LogP) is 2.04. The lowest BCUT2D eigenvalue weighted by Crippen LogP contribution is -2.01. The van der Waals surface area contributed by atoms with Gasteiger partial charge in [-0.2, -0.15) is 0 Å². The Bertz CT molecular complexity index is 98.0. The zero-order valence-electron chi connectivity index (χ0n) is 4.33. The van der Waals surface area contributed by atoms with Crippen LogP contribution < -0.4 is 0 Å². The molecule has 4 nitrogen and oxygen atoms in total. The van der Waals surface area contributed by atoms with Gasteiger partial charge in [-0.15, -0.1) is 9.81 Å². The van der Waals surface area contributed by atoms with Gasteiger partial charge in [0.25, 0.3) is 0 Å². The Morgan fingerprint density at radius 1 is 1.11 bits per heavy atom. The maximum Gasteiger partial charge on any atom is 0.168 e. The van der Waals surface area contributed by atoms with E-state index in [1.54, 1.807) is 0 Å². The molecule has 0 N–H and O–H groups in total. The van der Waals surface area contributed by atoms with Crippen LogP contribution in [0.4, 0.5) is 0 Å². The fourth-order valence-corrected chi connectivity index (χ4v) is 0.675. The molecule has 0 amide bonds. The van der Waals surface area contributed by atoms with E-state index in [-0.39, 0.29) is 6.42 Å². The van der Waals surface area contributed by atoms with Crippen LogP contribution in [0, 0.1) is 9.81 Å². The molecule has 52 valence electrons. The molecule has 0 radical (unpaired) electrons. The summed E-state index contributed by atoms with van der Waals surface area (Å²) in [7, 11) is 0. The fraction of sp³-hybridized carbons (Fsp3) is 1.00. The van der Waals surface area contributed by atoms with Gasteiger partial charge in [0.1, 0.15) is 0 Å². The number of alkyl halides is 2. The van der Waals surface area contributed by atoms with Crippen LogP contribution in [0.3, 0.4) is 0 Å². The Morgan fingerprint density at radius 2 is 1.44 bits per heavy atom. The second-order valence-corrected chi connectivity index (χ2v) is 2.32. The van der Waals surface area contributed by atoms with Crippen molar-refractivity contribution in [2.45, 2.75) is 17.4 Å². The number of rotatable bonds is 4. The van der Waals surface area contributed by atoms with Crippen molar-refractivity contribution < 1.29 is 0 Å². The summed E-state index contributed by atoms with van der Waals surface area (Å²) in [6, 6.07) is 0. The van der Waals surface area contributed by atoms with E-state index in [1.807, 2.05) is 0 Å². The Balaban J connectivity index is 3.45. The minimum absolute atomic E-state index is 0.0177. The summed E-state index contributed by atoms with van der Waals surface area (Å²) in [4.78, 5) is 19.1. The van der Waals surface area contributed by atoms with Crippen molar-refractivity contribution in [3.05, 3.63) is 9.81 Å². The van der Waals surface area contributed by atoms with E-state index < -0.39 is 11.0 Å². The highest BCUT2D eigenvalue weighted by Gasteiger charge is 2.11. The molecule has 2 atom stereocenters. The van der Waals surface area contributed by atoms with Crippen molar-refractivity contribution in [2.75, 3.05) is 0 Å². The molecular formula is C3H4Cl2N2O2. The minimum Gasteiger partial charge on any atom is -0.149 e. The van der Waals surface area contributed by atoms with Crippen molar-refractivity contribution in [3.8, 4) is 0 Å². The molecular weight excluding hydrogens is 167 g/mol. The third-order valence-electron chi connectivity index (χ3n) is 0.618. The second kappa shape index (κ2) is 4.64. The molecule has 0 aromatic rings. The van der Waals surface area contributed by atoms with E-state index in [0.29, 0.717) is 0 Å². The lowest BCUT2D eigenvalue weighted by molar-refractivity contribution is 0.738. The zero-order chi connectivity index (χ0) is 7.28. The Kier molecular flexibility index (Phi) is 4.53. The van der Waals surface area contributed by atoms with Crippen molar-refractivity contribution >= 4 is 23.2 Å². The van der Waals surface area contributed by atoms with Crippen LogP contribution in [0.1, 0.15) is 6.42 Å². The highest BCUT2D eigenvalue weighted by molar-refractivity contribution is 6.23. The van der Waals surface area contributed by atoms with Gasteiger partial charge in [0.05, 0.1) is 0 Å². The van der Waals surface area contributed by atoms with Gasteiger partial charge in [-0.1, -0.05) is 33.6 Å². The molecule has 0 saturated heterocycles. The number of hydrogen-bond acceptors (Lipinski definition) is 4. The number of hydrogen-bond donors (Lipinski definition) is 0. The predicted molar refractivity (Wildman–Crippen MR) is 35.5 cm³/mol. The van der Waals surface area contributed by atoms with E-state index in [4.69, 9.17) is 23.2 Å². The average Bonchev–Trinajstić information content (AvgIpc) is 1.87. The molecule has 0 aromatic heterocycles. The summed E-state index contributed by atoms with van der Waals surface area (Å²) in [5, 5.41) is 4.82. The molecule has 0 aromatic carbocycles. The number of nitrogens with zero attached hydrogens (tertiary/aromatic N) is 2. The second-order valence-electron chi connectivity index (χ2n) is 1.32. The molecule has 0 rings (SSSR count). The minimum atomic E-state index is -0.954. The third-order valence-corrected chi connectivity index (χ3v) is 1.13. The summed E-state index contributed by atoms with van der Waals surface area (Å²) in [6.45, 7) is 0. The van der Waals surface area contributed by atoms with E-state index in [2.05, 4.69) is 10.4 Å². The molecule has 0 bridgehead atoms. The molecule has 0 aliphatic heterocycles. The Morgan fingerprint density at radius 3 is 1.67 bits per heavy atom. The van der Waals surface area contributed by atoms with Crippen LogP contribution in [0.5, 0.6) is 0 Å². The van der Waals surface area contributed by atoms with Gasteiger partial charge in [-0.05, 0) is 0 Å². The van der Waals surface area contributed by atoms with E-state index in [9.17, 15) is 9.81 Å². The van der Waals surface area contributed by atoms with E-state index in [0.717, 1.165) is 0 Å². The fourth-order valence-electron chi connectivity index (χ4n) is 0.247. The van der Waals surface area contributed by atoms with Gasteiger partial charge in [0.2, 0.25) is 0 Å². The molecule has 6 heteroatoms. The molecule has 0 spiro atoms. The van der Waals surface area contributed by atoms with Gasteiger partial charge < -0.3 is 0 Å². The first kappa shape index (κ1) is 8.78. The average molecular weight is 171 g/mol. The molecule has 2 unspecified atom stereocenters. The van der Waals surface area contributed by atoms with Crippen LogP contribution in [0.15, 0.2) is 10.4 Å². The first-order chi connectivity index (χ1) is 4.20. The summed E-state index contributed by atoms with van der Waals surface area (Å²) in [6.07, 6.45) is -0.0177. The lowest BCUT2D eigenvalue weighted by Gasteiger charge is -1.97. The molecule has 0 aliphatic carbocycles. The first-order valence-corrected chi connectivity index (χ1v) is 3.01. The van der Waals surface area contributed by atoms with Crippen LogP contribution in [-0.2, 0) is 0 Å². The van der Waals surface area contributed by atoms with E-state index >= 15 is 0 Å². The van der Waals surface area contributed by atoms with Gasteiger partial charge in [0, 0.05) is 6.42 Å². The topological polar surface area (TPSA) is 58.9 Å². The Labute approximate surface area is 61.5 Å². The smallest absolute Gasteiger partial charge is 0.149 e. The van der Waals surface area contributed by atoms with Gasteiger partial charge in [0.15, 0.2) is 11.0 Å². The monoisotopic (exact) mass is 170 g/mol. The lowest BCUT2D eigenvalue weighted by atomic mass is 10.4. The zero-order valence-corrected chi connectivity index (χ0v) is 5.84. The molecule has 0 heterocycles. The summed E-state index contributed by atoms with van der Waals surface area (Å²) in [5.41, 5.74) is -1.91. The maximum atomic E-state index is 9.57. The summed E-state index contributed by atoms with van der Waals surface area (Å²) in [5.74, 6) is 0. The SMILES string of the molecule is O=NC(Cl)CC(Cl)N=O.